The zero-order valence-electron chi connectivity index (χ0n) is 13.1. The van der Waals surface area contributed by atoms with Crippen LogP contribution >= 0.6 is 0 Å². The minimum atomic E-state index is 0.155. The number of rotatable bonds is 4. The number of nitrogens with zero attached hydrogens (tertiary/aromatic N) is 2. The number of amides is 1. The Morgan fingerprint density at radius 1 is 1.50 bits per heavy atom. The highest BCUT2D eigenvalue weighted by Gasteiger charge is 2.32. The first-order valence-corrected chi connectivity index (χ1v) is 7.58. The van der Waals surface area contributed by atoms with Crippen molar-refractivity contribution in [1.82, 2.24) is 14.9 Å². The molecule has 4 heteroatoms. The van der Waals surface area contributed by atoms with Crippen molar-refractivity contribution in [3.63, 3.8) is 0 Å². The summed E-state index contributed by atoms with van der Waals surface area (Å²) in [6, 6.07) is 0. The Hall–Kier alpha value is -1.32. The Balaban J connectivity index is 1.81. The maximum absolute atomic E-state index is 12.1. The first kappa shape index (κ1) is 15.1. The maximum Gasteiger partial charge on any atom is 0.220 e. The van der Waals surface area contributed by atoms with Crippen molar-refractivity contribution in [1.29, 1.82) is 0 Å². The van der Waals surface area contributed by atoms with E-state index < -0.39 is 0 Å². The topological polar surface area (TPSA) is 46.9 Å². The van der Waals surface area contributed by atoms with E-state index in [4.69, 9.17) is 0 Å². The summed E-state index contributed by atoms with van der Waals surface area (Å²) in [4.78, 5) is 16.3. The van der Waals surface area contributed by atoms with Gasteiger partial charge in [-0.15, -0.1) is 0 Å². The van der Waals surface area contributed by atoms with Crippen molar-refractivity contribution in [2.45, 2.75) is 53.0 Å². The van der Waals surface area contributed by atoms with Crippen molar-refractivity contribution in [3.05, 3.63) is 18.2 Å². The lowest BCUT2D eigenvalue weighted by Gasteiger charge is -2.38. The predicted molar refractivity (Wildman–Crippen MR) is 80.0 cm³/mol. The third kappa shape index (κ3) is 4.09. The van der Waals surface area contributed by atoms with Crippen LogP contribution in [-0.2, 0) is 18.4 Å². The summed E-state index contributed by atoms with van der Waals surface area (Å²) in [7, 11) is 1.94. The molecule has 0 aromatic carbocycles. The summed E-state index contributed by atoms with van der Waals surface area (Å²) < 4.78 is 1.94. The van der Waals surface area contributed by atoms with Gasteiger partial charge in [0.1, 0.15) is 5.82 Å². The molecule has 4 nitrogen and oxygen atoms in total. The number of hydrogen-bond acceptors (Lipinski definition) is 2. The molecule has 0 spiro atoms. The van der Waals surface area contributed by atoms with Crippen molar-refractivity contribution in [3.8, 4) is 0 Å². The van der Waals surface area contributed by atoms with Gasteiger partial charge in [-0.3, -0.25) is 4.79 Å². The summed E-state index contributed by atoms with van der Waals surface area (Å²) in [6.45, 7) is 7.47. The molecule has 1 aromatic rings. The number of aryl methyl sites for hydroxylation is 1. The van der Waals surface area contributed by atoms with Gasteiger partial charge in [-0.2, -0.15) is 0 Å². The molecule has 0 aliphatic heterocycles. The molecular weight excluding hydrogens is 250 g/mol. The van der Waals surface area contributed by atoms with Gasteiger partial charge in [-0.25, -0.2) is 4.98 Å². The number of carbonyl (C=O) groups excluding carboxylic acids is 1. The SMILES string of the molecule is CC1CC(CC(=O)NCc2nccn2C)CC(C)(C)C1. The van der Waals surface area contributed by atoms with Crippen molar-refractivity contribution >= 4 is 5.91 Å². The third-order valence-corrected chi connectivity index (χ3v) is 4.32. The zero-order chi connectivity index (χ0) is 14.8. The fraction of sp³-hybridized carbons (Fsp3) is 0.750. The molecule has 1 fully saturated rings. The second-order valence-corrected chi connectivity index (χ2v) is 7.21. The van der Waals surface area contributed by atoms with Crippen molar-refractivity contribution in [2.75, 3.05) is 0 Å². The molecule has 1 aliphatic rings. The first-order chi connectivity index (χ1) is 9.35. The number of hydrogen-bond donors (Lipinski definition) is 1. The van der Waals surface area contributed by atoms with Crippen molar-refractivity contribution in [2.24, 2.45) is 24.3 Å². The molecular formula is C16H27N3O. The lowest BCUT2D eigenvalue weighted by molar-refractivity contribution is -0.122. The van der Waals surface area contributed by atoms with E-state index in [9.17, 15) is 4.79 Å². The van der Waals surface area contributed by atoms with Gasteiger partial charge in [0.25, 0.3) is 0 Å². The molecule has 0 saturated heterocycles. The van der Waals surface area contributed by atoms with Crippen LogP contribution in [0.2, 0.25) is 0 Å². The Labute approximate surface area is 122 Å². The smallest absolute Gasteiger partial charge is 0.220 e. The molecule has 1 aliphatic carbocycles. The molecule has 1 amide bonds. The van der Waals surface area contributed by atoms with E-state index in [0.717, 1.165) is 18.2 Å². The van der Waals surface area contributed by atoms with Crippen LogP contribution in [0.3, 0.4) is 0 Å². The number of imidazole rings is 1. The minimum Gasteiger partial charge on any atom is -0.349 e. The van der Waals surface area contributed by atoms with Crippen LogP contribution in [0.5, 0.6) is 0 Å². The molecule has 1 saturated carbocycles. The first-order valence-electron chi connectivity index (χ1n) is 7.58. The number of nitrogens with one attached hydrogen (secondary N) is 1. The van der Waals surface area contributed by atoms with Gasteiger partial charge in [0.05, 0.1) is 6.54 Å². The molecule has 112 valence electrons. The number of aromatic nitrogens is 2. The average Bonchev–Trinajstić information content (AvgIpc) is 2.69. The van der Waals surface area contributed by atoms with E-state index in [1.54, 1.807) is 6.20 Å². The Morgan fingerprint density at radius 2 is 2.25 bits per heavy atom. The van der Waals surface area contributed by atoms with Gasteiger partial charge in [-0.05, 0) is 36.5 Å². The minimum absolute atomic E-state index is 0.155. The second-order valence-electron chi connectivity index (χ2n) is 7.21. The lowest BCUT2D eigenvalue weighted by atomic mass is 9.67. The quantitative estimate of drug-likeness (QED) is 0.920. The van der Waals surface area contributed by atoms with E-state index >= 15 is 0 Å². The monoisotopic (exact) mass is 277 g/mol. The van der Waals surface area contributed by atoms with Gasteiger partial charge in [0, 0.05) is 25.9 Å². The van der Waals surface area contributed by atoms with Crippen LogP contribution in [0.4, 0.5) is 0 Å². The molecule has 0 bridgehead atoms. The molecule has 2 unspecified atom stereocenters. The van der Waals surface area contributed by atoms with Gasteiger partial charge in [0.15, 0.2) is 0 Å². The van der Waals surface area contributed by atoms with Gasteiger partial charge in [0.2, 0.25) is 5.91 Å². The Morgan fingerprint density at radius 3 is 2.85 bits per heavy atom. The van der Waals surface area contributed by atoms with E-state index in [1.807, 2.05) is 17.8 Å². The van der Waals surface area contributed by atoms with Crippen LogP contribution in [0.1, 0.15) is 52.3 Å². The van der Waals surface area contributed by atoms with Crippen LogP contribution in [-0.4, -0.2) is 15.5 Å². The Kier molecular flexibility index (Phi) is 4.51. The molecule has 2 rings (SSSR count). The Bertz CT molecular complexity index is 464. The van der Waals surface area contributed by atoms with E-state index in [2.05, 4.69) is 31.1 Å². The number of carbonyl (C=O) groups is 1. The molecule has 0 radical (unpaired) electrons. The standard InChI is InChI=1S/C16H27N3O/c1-12-7-13(10-16(2,3)9-12)8-15(20)18-11-14-17-5-6-19(14)4/h5-6,12-13H,7-11H2,1-4H3,(H,18,20). The summed E-state index contributed by atoms with van der Waals surface area (Å²) in [5.74, 6) is 2.31. The van der Waals surface area contributed by atoms with E-state index in [-0.39, 0.29) is 5.91 Å². The van der Waals surface area contributed by atoms with Crippen molar-refractivity contribution < 1.29 is 4.79 Å². The molecule has 1 aromatic heterocycles. The highest BCUT2D eigenvalue weighted by molar-refractivity contribution is 5.76. The second kappa shape index (κ2) is 5.98. The fourth-order valence-corrected chi connectivity index (χ4v) is 3.78. The van der Waals surface area contributed by atoms with E-state index in [0.29, 0.717) is 24.3 Å². The largest absolute Gasteiger partial charge is 0.349 e. The van der Waals surface area contributed by atoms with Crippen LogP contribution in [0.25, 0.3) is 0 Å². The third-order valence-electron chi connectivity index (χ3n) is 4.32. The van der Waals surface area contributed by atoms with Crippen LogP contribution < -0.4 is 5.32 Å². The van der Waals surface area contributed by atoms with Gasteiger partial charge in [-0.1, -0.05) is 20.8 Å². The normalized spacial score (nSPS) is 25.4. The summed E-state index contributed by atoms with van der Waals surface area (Å²) >= 11 is 0. The van der Waals surface area contributed by atoms with E-state index in [1.165, 1.54) is 12.8 Å². The highest BCUT2D eigenvalue weighted by Crippen LogP contribution is 2.42. The van der Waals surface area contributed by atoms with Gasteiger partial charge < -0.3 is 9.88 Å². The maximum atomic E-state index is 12.1. The molecule has 1 heterocycles. The molecule has 1 N–H and O–H groups in total. The molecule has 2 atom stereocenters. The summed E-state index contributed by atoms with van der Waals surface area (Å²) in [5.41, 5.74) is 0.377. The summed E-state index contributed by atoms with van der Waals surface area (Å²) in [5, 5.41) is 2.99. The average molecular weight is 277 g/mol. The highest BCUT2D eigenvalue weighted by atomic mass is 16.1. The van der Waals surface area contributed by atoms with Gasteiger partial charge >= 0.3 is 0 Å². The van der Waals surface area contributed by atoms with Crippen LogP contribution in [0, 0.1) is 17.3 Å². The van der Waals surface area contributed by atoms with Crippen LogP contribution in [0.15, 0.2) is 12.4 Å². The lowest BCUT2D eigenvalue weighted by Crippen LogP contribution is -2.32. The molecule has 20 heavy (non-hydrogen) atoms. The predicted octanol–water partition coefficient (Wildman–Crippen LogP) is 2.89. The zero-order valence-corrected chi connectivity index (χ0v) is 13.1. The fourth-order valence-electron chi connectivity index (χ4n) is 3.78. The summed E-state index contributed by atoms with van der Waals surface area (Å²) in [6.07, 6.45) is 7.92.